The van der Waals surface area contributed by atoms with Crippen LogP contribution in [0, 0.1) is 10.1 Å². The van der Waals surface area contributed by atoms with Gasteiger partial charge in [0.25, 0.3) is 5.69 Å². The number of halogens is 1. The Morgan fingerprint density at radius 3 is 2.71 bits per heavy atom. The topological polar surface area (TPSA) is 102 Å². The number of nitrogens with zero attached hydrogens (tertiary/aromatic N) is 1. The van der Waals surface area contributed by atoms with Gasteiger partial charge < -0.3 is 15.2 Å². The zero-order valence-corrected chi connectivity index (χ0v) is 12.5. The van der Waals surface area contributed by atoms with Crippen LogP contribution >= 0.6 is 11.6 Å². The van der Waals surface area contributed by atoms with Crippen molar-refractivity contribution in [3.63, 3.8) is 0 Å². The Balaban J connectivity index is 2.65. The fourth-order valence-corrected chi connectivity index (χ4v) is 2.00. The summed E-state index contributed by atoms with van der Waals surface area (Å²) in [6.45, 7) is 4.05. The van der Waals surface area contributed by atoms with Crippen LogP contribution in [-0.2, 0) is 4.79 Å². The number of nitro benzene ring substituents is 1. The molecule has 7 nitrogen and oxygen atoms in total. The fourth-order valence-electron chi connectivity index (χ4n) is 1.76. The summed E-state index contributed by atoms with van der Waals surface area (Å²) in [5, 5.41) is 22.7. The normalized spacial score (nSPS) is 13.5. The Morgan fingerprint density at radius 1 is 1.57 bits per heavy atom. The number of nitrogens with one attached hydrogen (secondary N) is 1. The average Bonchev–Trinajstić information content (AvgIpc) is 2.38. The molecule has 1 unspecified atom stereocenters. The quantitative estimate of drug-likeness (QED) is 0.564. The van der Waals surface area contributed by atoms with E-state index in [1.165, 1.54) is 18.2 Å². The maximum absolute atomic E-state index is 11.2. The molecule has 0 amide bonds. The molecule has 0 aromatic heterocycles. The predicted molar refractivity (Wildman–Crippen MR) is 77.9 cm³/mol. The third kappa shape index (κ3) is 4.57. The Bertz CT molecular complexity index is 537. The van der Waals surface area contributed by atoms with Crippen molar-refractivity contribution in [2.45, 2.75) is 25.8 Å². The minimum Gasteiger partial charge on any atom is -0.493 e. The second kappa shape index (κ2) is 7.24. The molecule has 21 heavy (non-hydrogen) atoms. The molecule has 0 saturated heterocycles. The number of nitro groups is 1. The van der Waals surface area contributed by atoms with E-state index in [-0.39, 0.29) is 23.7 Å². The first kappa shape index (κ1) is 17.2. The van der Waals surface area contributed by atoms with Gasteiger partial charge >= 0.3 is 5.97 Å². The Hall–Kier alpha value is -1.86. The molecule has 0 saturated carbocycles. The molecule has 0 aliphatic heterocycles. The standard InChI is InChI=1S/C13H17ClN2O5/c1-3-15-13(2,12(17)18)6-7-21-9-4-5-11(16(19)20)10(14)8-9/h4-5,8,15H,3,6-7H2,1-2H3,(H,17,18). The van der Waals surface area contributed by atoms with Crippen molar-refractivity contribution in [3.8, 4) is 5.75 Å². The van der Waals surface area contributed by atoms with Crippen molar-refractivity contribution < 1.29 is 19.6 Å². The molecule has 1 atom stereocenters. The maximum atomic E-state index is 11.2. The van der Waals surface area contributed by atoms with Crippen LogP contribution in [0.15, 0.2) is 18.2 Å². The van der Waals surface area contributed by atoms with E-state index < -0.39 is 16.4 Å². The Kier molecular flexibility index (Phi) is 5.92. The number of hydrogen-bond donors (Lipinski definition) is 2. The van der Waals surface area contributed by atoms with Crippen molar-refractivity contribution >= 4 is 23.3 Å². The van der Waals surface area contributed by atoms with E-state index in [9.17, 15) is 20.0 Å². The van der Waals surface area contributed by atoms with Crippen LogP contribution in [0.4, 0.5) is 5.69 Å². The number of likely N-dealkylation sites (N-methyl/N-ethyl adjacent to an activating group) is 1. The second-order valence-corrected chi connectivity index (χ2v) is 5.04. The van der Waals surface area contributed by atoms with Crippen LogP contribution < -0.4 is 10.1 Å². The van der Waals surface area contributed by atoms with E-state index in [1.807, 2.05) is 6.92 Å². The minimum atomic E-state index is -1.08. The summed E-state index contributed by atoms with van der Waals surface area (Å²) in [4.78, 5) is 21.3. The van der Waals surface area contributed by atoms with Crippen LogP contribution in [0.3, 0.4) is 0 Å². The molecule has 2 N–H and O–H groups in total. The van der Waals surface area contributed by atoms with E-state index in [1.54, 1.807) is 6.92 Å². The summed E-state index contributed by atoms with van der Waals surface area (Å²) in [7, 11) is 0. The fraction of sp³-hybridized carbons (Fsp3) is 0.462. The van der Waals surface area contributed by atoms with Gasteiger partial charge in [-0.25, -0.2) is 0 Å². The minimum absolute atomic E-state index is 0.0230. The molecular formula is C13H17ClN2O5. The van der Waals surface area contributed by atoms with Gasteiger partial charge in [0.15, 0.2) is 0 Å². The van der Waals surface area contributed by atoms with Crippen molar-refractivity contribution in [3.05, 3.63) is 33.3 Å². The lowest BCUT2D eigenvalue weighted by atomic mass is 9.98. The van der Waals surface area contributed by atoms with Crippen molar-refractivity contribution in [2.24, 2.45) is 0 Å². The van der Waals surface area contributed by atoms with Crippen molar-refractivity contribution in [2.75, 3.05) is 13.2 Å². The highest BCUT2D eigenvalue weighted by Crippen LogP contribution is 2.28. The van der Waals surface area contributed by atoms with Gasteiger partial charge in [0.05, 0.1) is 11.5 Å². The maximum Gasteiger partial charge on any atom is 0.323 e. The van der Waals surface area contributed by atoms with Gasteiger partial charge in [-0.1, -0.05) is 18.5 Å². The molecule has 1 rings (SSSR count). The summed E-state index contributed by atoms with van der Waals surface area (Å²) < 4.78 is 5.40. The SMILES string of the molecule is CCNC(C)(CCOc1ccc([N+](=O)[O-])c(Cl)c1)C(=O)O. The highest BCUT2D eigenvalue weighted by atomic mass is 35.5. The zero-order chi connectivity index (χ0) is 16.0. The molecule has 0 bridgehead atoms. The van der Waals surface area contributed by atoms with E-state index in [0.717, 1.165) is 0 Å². The number of hydrogen-bond acceptors (Lipinski definition) is 5. The van der Waals surface area contributed by atoms with Crippen LogP contribution in [0.2, 0.25) is 5.02 Å². The lowest BCUT2D eigenvalue weighted by molar-refractivity contribution is -0.384. The summed E-state index contributed by atoms with van der Waals surface area (Å²) in [5.41, 5.74) is -1.29. The molecule has 0 heterocycles. The number of ether oxygens (including phenoxy) is 1. The molecule has 0 spiro atoms. The van der Waals surface area contributed by atoms with Crippen LogP contribution in [0.1, 0.15) is 20.3 Å². The highest BCUT2D eigenvalue weighted by Gasteiger charge is 2.31. The molecule has 0 aliphatic rings. The Labute approximate surface area is 127 Å². The first-order valence-corrected chi connectivity index (χ1v) is 6.73. The van der Waals surface area contributed by atoms with Crippen LogP contribution in [0.25, 0.3) is 0 Å². The lowest BCUT2D eigenvalue weighted by Gasteiger charge is -2.25. The van der Waals surface area contributed by atoms with Gasteiger partial charge in [0.1, 0.15) is 16.3 Å². The second-order valence-electron chi connectivity index (χ2n) is 4.64. The summed E-state index contributed by atoms with van der Waals surface area (Å²) in [6, 6.07) is 4.01. The third-order valence-electron chi connectivity index (χ3n) is 3.03. The number of carboxylic acid groups (broad SMARTS) is 1. The van der Waals surface area contributed by atoms with Crippen molar-refractivity contribution in [1.82, 2.24) is 5.32 Å². The largest absolute Gasteiger partial charge is 0.493 e. The first-order valence-electron chi connectivity index (χ1n) is 6.35. The monoisotopic (exact) mass is 316 g/mol. The molecule has 0 fully saturated rings. The van der Waals surface area contributed by atoms with Gasteiger partial charge in [-0.15, -0.1) is 0 Å². The van der Waals surface area contributed by atoms with Crippen LogP contribution in [-0.4, -0.2) is 34.7 Å². The summed E-state index contributed by atoms with van der Waals surface area (Å²) in [5.74, 6) is -0.607. The molecule has 1 aromatic rings. The summed E-state index contributed by atoms with van der Waals surface area (Å²) >= 11 is 5.77. The molecular weight excluding hydrogens is 300 g/mol. The predicted octanol–water partition coefficient (Wildman–Crippen LogP) is 2.47. The van der Waals surface area contributed by atoms with E-state index in [0.29, 0.717) is 12.3 Å². The van der Waals surface area contributed by atoms with E-state index in [2.05, 4.69) is 5.32 Å². The van der Waals surface area contributed by atoms with E-state index >= 15 is 0 Å². The smallest absolute Gasteiger partial charge is 0.323 e. The van der Waals surface area contributed by atoms with Gasteiger partial charge in [-0.3, -0.25) is 14.9 Å². The van der Waals surface area contributed by atoms with Gasteiger partial charge in [0, 0.05) is 18.6 Å². The number of carbonyl (C=O) groups is 1. The molecule has 8 heteroatoms. The highest BCUT2D eigenvalue weighted by molar-refractivity contribution is 6.32. The van der Waals surface area contributed by atoms with Gasteiger partial charge in [-0.05, 0) is 19.5 Å². The van der Waals surface area contributed by atoms with Crippen molar-refractivity contribution in [1.29, 1.82) is 0 Å². The third-order valence-corrected chi connectivity index (χ3v) is 3.33. The number of aliphatic carboxylic acids is 1. The molecule has 116 valence electrons. The van der Waals surface area contributed by atoms with Gasteiger partial charge in [-0.2, -0.15) is 0 Å². The van der Waals surface area contributed by atoms with E-state index in [4.69, 9.17) is 16.3 Å². The van der Waals surface area contributed by atoms with Gasteiger partial charge in [0.2, 0.25) is 0 Å². The molecule has 1 aromatic carbocycles. The zero-order valence-electron chi connectivity index (χ0n) is 11.8. The summed E-state index contributed by atoms with van der Waals surface area (Å²) in [6.07, 6.45) is 0.241. The average molecular weight is 317 g/mol. The number of carboxylic acids is 1. The van der Waals surface area contributed by atoms with Crippen LogP contribution in [0.5, 0.6) is 5.75 Å². The molecule has 0 aliphatic carbocycles. The number of rotatable bonds is 8. The Morgan fingerprint density at radius 2 is 2.24 bits per heavy atom. The first-order chi connectivity index (χ1) is 9.80. The number of benzene rings is 1. The molecule has 0 radical (unpaired) electrons. The lowest BCUT2D eigenvalue weighted by Crippen LogP contribution is -2.50.